The maximum absolute atomic E-state index is 11.0. The summed E-state index contributed by atoms with van der Waals surface area (Å²) in [5, 5.41) is 11.0. The largest absolute Gasteiger partial charge is 0.504 e. The van der Waals surface area contributed by atoms with Crippen LogP contribution in [0.15, 0.2) is 35.1 Å². The lowest BCUT2D eigenvalue weighted by atomic mass is 9.39. The van der Waals surface area contributed by atoms with Crippen LogP contribution < -0.4 is 4.74 Å². The lowest BCUT2D eigenvalue weighted by Crippen LogP contribution is -2.76. The molecule has 1 unspecified atom stereocenters. The second-order valence-corrected chi connectivity index (χ2v) is 12.5. The van der Waals surface area contributed by atoms with E-state index in [0.717, 1.165) is 49.5 Å². The highest BCUT2D eigenvalue weighted by molar-refractivity contribution is 5.62. The highest BCUT2D eigenvalue weighted by atomic mass is 16.5. The fourth-order valence-electron chi connectivity index (χ4n) is 9.09. The Morgan fingerprint density at radius 1 is 1.22 bits per heavy atom. The molecule has 3 fully saturated rings. The first kappa shape index (κ1) is 23.1. The van der Waals surface area contributed by atoms with Crippen molar-refractivity contribution in [2.75, 3.05) is 26.8 Å². The van der Waals surface area contributed by atoms with Gasteiger partial charge in [0.2, 0.25) is 0 Å². The van der Waals surface area contributed by atoms with Gasteiger partial charge in [-0.1, -0.05) is 19.9 Å². The van der Waals surface area contributed by atoms with Crippen molar-refractivity contribution in [1.82, 2.24) is 4.90 Å². The molecule has 7 rings (SSSR count). The number of hydrogen-bond acceptors (Lipinski definition) is 6. The van der Waals surface area contributed by atoms with E-state index in [-0.39, 0.29) is 34.2 Å². The van der Waals surface area contributed by atoms with E-state index in [9.17, 15) is 5.11 Å². The number of methoxy groups -OCH3 is 1. The zero-order valence-electron chi connectivity index (χ0n) is 21.8. The molecule has 0 radical (unpaired) electrons. The van der Waals surface area contributed by atoms with Gasteiger partial charge in [-0.25, -0.2) is 0 Å². The van der Waals surface area contributed by atoms with Gasteiger partial charge in [0, 0.05) is 47.1 Å². The Bertz CT molecular complexity index is 1140. The molecule has 0 amide bonds. The maximum atomic E-state index is 11.0. The third-order valence-corrected chi connectivity index (χ3v) is 10.6. The zero-order valence-corrected chi connectivity index (χ0v) is 21.8. The third-order valence-electron chi connectivity index (χ3n) is 10.6. The summed E-state index contributed by atoms with van der Waals surface area (Å²) in [6, 6.07) is 6.44. The fraction of sp³-hybridized carbons (Fsp3) is 0.667. The van der Waals surface area contributed by atoms with Gasteiger partial charge in [-0.15, -0.1) is 0 Å². The molecule has 6 nitrogen and oxygen atoms in total. The fourth-order valence-corrected chi connectivity index (χ4v) is 9.09. The van der Waals surface area contributed by atoms with Gasteiger partial charge in [-0.05, 0) is 68.7 Å². The van der Waals surface area contributed by atoms with Crippen LogP contribution in [-0.4, -0.2) is 55.1 Å². The SMILES string of the molecule is CC[C@]12C[C@](C)(COCc3ccoc3)C(OC)[C@@H]3Oc4c(O)ccc5c4[C@@]31CCN(CC1CC1)[C@@H]2C5. The van der Waals surface area contributed by atoms with Crippen LogP contribution in [0.4, 0.5) is 0 Å². The second-order valence-electron chi connectivity index (χ2n) is 12.5. The van der Waals surface area contributed by atoms with Crippen molar-refractivity contribution < 1.29 is 23.7 Å². The van der Waals surface area contributed by atoms with Crippen LogP contribution in [0.5, 0.6) is 11.5 Å². The summed E-state index contributed by atoms with van der Waals surface area (Å²) in [5.74, 6) is 1.85. The van der Waals surface area contributed by atoms with Crippen molar-refractivity contribution in [1.29, 1.82) is 0 Å². The molecule has 1 N–H and O–H groups in total. The van der Waals surface area contributed by atoms with E-state index in [0.29, 0.717) is 19.3 Å². The van der Waals surface area contributed by atoms with Gasteiger partial charge >= 0.3 is 0 Å². The molecule has 1 aromatic heterocycles. The van der Waals surface area contributed by atoms with Gasteiger partial charge in [-0.2, -0.15) is 0 Å². The average Bonchev–Trinajstić information content (AvgIpc) is 3.39. The maximum Gasteiger partial charge on any atom is 0.165 e. The number of furan rings is 1. The summed E-state index contributed by atoms with van der Waals surface area (Å²) in [5.41, 5.74) is 3.39. The van der Waals surface area contributed by atoms with E-state index in [1.807, 2.05) is 19.2 Å². The van der Waals surface area contributed by atoms with E-state index in [4.69, 9.17) is 18.6 Å². The first-order valence-corrected chi connectivity index (χ1v) is 13.8. The lowest BCUT2D eigenvalue weighted by Gasteiger charge is -2.69. The average molecular weight is 494 g/mol. The minimum Gasteiger partial charge on any atom is -0.504 e. The minimum atomic E-state index is -0.224. The topological polar surface area (TPSA) is 64.3 Å². The number of ether oxygens (including phenoxy) is 3. The molecule has 2 aromatic rings. The second kappa shape index (κ2) is 7.99. The first-order chi connectivity index (χ1) is 17.5. The number of phenolic OH excluding ortho intramolecular Hbond substituents is 1. The summed E-state index contributed by atoms with van der Waals surface area (Å²) >= 11 is 0. The number of piperidine rings is 1. The van der Waals surface area contributed by atoms with Crippen LogP contribution in [0, 0.1) is 16.7 Å². The molecule has 5 aliphatic rings. The van der Waals surface area contributed by atoms with E-state index in [2.05, 4.69) is 24.8 Å². The Labute approximate surface area is 213 Å². The number of hydrogen-bond donors (Lipinski definition) is 1. The Kier molecular flexibility index (Phi) is 5.13. The van der Waals surface area contributed by atoms with Gasteiger partial charge in [0.25, 0.3) is 0 Å². The van der Waals surface area contributed by atoms with Gasteiger partial charge in [0.15, 0.2) is 11.5 Å². The van der Waals surface area contributed by atoms with Gasteiger partial charge < -0.3 is 23.7 Å². The number of rotatable bonds is 8. The molecule has 1 saturated heterocycles. The third kappa shape index (κ3) is 2.95. The van der Waals surface area contributed by atoms with Gasteiger partial charge in [-0.3, -0.25) is 4.90 Å². The number of aromatic hydroxyl groups is 1. The van der Waals surface area contributed by atoms with Crippen molar-refractivity contribution >= 4 is 0 Å². The standard InChI is InChI=1S/C30H39NO5/c1-4-29-17-28(2,18-35-16-20-9-12-34-15-20)26(33-3)27-30(29)10-11-31(14-19-5-6-19)23(29)13-21-7-8-22(32)25(36-27)24(21)30/h7-9,12,15,19,23,26-27,32H,4-6,10-11,13-14,16-18H2,1-3H3/t23-,26?,27+,28-,29-,30+/m1/s1. The molecule has 6 atom stereocenters. The predicted octanol–water partition coefficient (Wildman–Crippen LogP) is 5.06. The van der Waals surface area contributed by atoms with Crippen LogP contribution in [0.2, 0.25) is 0 Å². The molecule has 6 heteroatoms. The van der Waals surface area contributed by atoms with Crippen molar-refractivity contribution in [3.63, 3.8) is 0 Å². The monoisotopic (exact) mass is 493 g/mol. The van der Waals surface area contributed by atoms with E-state index in [1.54, 1.807) is 12.5 Å². The number of phenols is 1. The van der Waals surface area contributed by atoms with E-state index < -0.39 is 0 Å². The Morgan fingerprint density at radius 2 is 2.08 bits per heavy atom. The molecule has 194 valence electrons. The van der Waals surface area contributed by atoms with Crippen LogP contribution >= 0.6 is 0 Å². The summed E-state index contributed by atoms with van der Waals surface area (Å²) in [7, 11) is 1.82. The molecule has 2 saturated carbocycles. The zero-order chi connectivity index (χ0) is 24.7. The normalized spacial score (nSPS) is 38.6. The first-order valence-electron chi connectivity index (χ1n) is 13.8. The number of likely N-dealkylation sites (tertiary alicyclic amines) is 1. The van der Waals surface area contributed by atoms with Crippen molar-refractivity contribution in [2.45, 2.75) is 82.6 Å². The van der Waals surface area contributed by atoms with Gasteiger partial charge in [0.05, 0.1) is 25.7 Å². The quantitative estimate of drug-likeness (QED) is 0.554. The molecule has 1 spiro atoms. The summed E-state index contributed by atoms with van der Waals surface area (Å²) in [4.78, 5) is 2.83. The smallest absolute Gasteiger partial charge is 0.165 e. The molecular formula is C30H39NO5. The van der Waals surface area contributed by atoms with Gasteiger partial charge in [0.1, 0.15) is 12.2 Å². The van der Waals surface area contributed by atoms with Crippen molar-refractivity contribution in [2.24, 2.45) is 16.7 Å². The highest BCUT2D eigenvalue weighted by Crippen LogP contribution is 2.73. The van der Waals surface area contributed by atoms with Crippen molar-refractivity contribution in [3.05, 3.63) is 47.4 Å². The molecule has 1 aromatic carbocycles. The molecule has 3 heterocycles. The minimum absolute atomic E-state index is 0.0413. The molecular weight excluding hydrogens is 454 g/mol. The Hall–Kier alpha value is -2.02. The summed E-state index contributed by atoms with van der Waals surface area (Å²) < 4.78 is 24.8. The lowest BCUT2D eigenvalue weighted by molar-refractivity contribution is -0.228. The molecule has 2 bridgehead atoms. The number of nitrogens with zero attached hydrogens (tertiary/aromatic N) is 1. The van der Waals surface area contributed by atoms with Crippen LogP contribution in [-0.2, 0) is 27.9 Å². The van der Waals surface area contributed by atoms with E-state index >= 15 is 0 Å². The summed E-state index contributed by atoms with van der Waals surface area (Å²) in [6.45, 7) is 8.17. The van der Waals surface area contributed by atoms with Crippen LogP contribution in [0.1, 0.15) is 62.6 Å². The van der Waals surface area contributed by atoms with E-state index in [1.165, 1.54) is 30.5 Å². The van der Waals surface area contributed by atoms with Crippen LogP contribution in [0.3, 0.4) is 0 Å². The Balaban J connectivity index is 1.34. The highest BCUT2D eigenvalue weighted by Gasteiger charge is 2.75. The predicted molar refractivity (Wildman–Crippen MR) is 135 cm³/mol. The molecule has 3 aliphatic carbocycles. The van der Waals surface area contributed by atoms with Crippen LogP contribution in [0.25, 0.3) is 0 Å². The number of benzene rings is 1. The molecule has 2 aliphatic heterocycles. The van der Waals surface area contributed by atoms with Crippen molar-refractivity contribution in [3.8, 4) is 11.5 Å². The Morgan fingerprint density at radius 3 is 2.81 bits per heavy atom. The summed E-state index contributed by atoms with van der Waals surface area (Å²) in [6.07, 6.45) is 10.1. The molecule has 36 heavy (non-hydrogen) atoms.